The number of carbonyl (C=O) groups is 4. The summed E-state index contributed by atoms with van der Waals surface area (Å²) in [5, 5.41) is 10.4. The normalized spacial score (nSPS) is 19.6. The largest absolute Gasteiger partial charge is 0.444 e. The Labute approximate surface area is 262 Å². The summed E-state index contributed by atoms with van der Waals surface area (Å²) in [6, 6.07) is 13.4. The van der Waals surface area contributed by atoms with Gasteiger partial charge < -0.3 is 30.3 Å². The van der Waals surface area contributed by atoms with E-state index < -0.39 is 35.5 Å². The van der Waals surface area contributed by atoms with Gasteiger partial charge in [0.15, 0.2) is 0 Å². The number of hydrogen-bond donors (Lipinski definition) is 3. The van der Waals surface area contributed by atoms with Crippen LogP contribution in [0.15, 0.2) is 42.5 Å². The van der Waals surface area contributed by atoms with Crippen molar-refractivity contribution in [1.82, 2.24) is 20.9 Å². The number of fused-ring (bicyclic) bond motifs is 1. The lowest BCUT2D eigenvalue weighted by atomic mass is 10.1. The van der Waals surface area contributed by atoms with E-state index in [1.54, 1.807) is 44.3 Å². The van der Waals surface area contributed by atoms with Gasteiger partial charge in [-0.25, -0.2) is 9.59 Å². The molecule has 2 aromatic rings. The Morgan fingerprint density at radius 3 is 2.09 bits per heavy atom. The summed E-state index contributed by atoms with van der Waals surface area (Å²) >= 11 is 3.31. The Kier molecular flexibility index (Phi) is 12.4. The fourth-order valence-electron chi connectivity index (χ4n) is 4.25. The molecule has 10 nitrogen and oxygen atoms in total. The molecule has 2 aromatic carbocycles. The minimum absolute atomic E-state index is 0.0565. The maximum atomic E-state index is 13.0. The first-order valence-electron chi connectivity index (χ1n) is 14.4. The van der Waals surface area contributed by atoms with Gasteiger partial charge in [-0.2, -0.15) is 23.5 Å². The van der Waals surface area contributed by atoms with E-state index in [-0.39, 0.29) is 11.8 Å². The van der Waals surface area contributed by atoms with Crippen LogP contribution in [-0.4, -0.2) is 88.3 Å². The van der Waals surface area contributed by atoms with E-state index in [0.29, 0.717) is 31.1 Å². The maximum absolute atomic E-state index is 13.0. The van der Waals surface area contributed by atoms with Crippen molar-refractivity contribution in [3.63, 3.8) is 0 Å². The Hall–Kier alpha value is -3.12. The van der Waals surface area contributed by atoms with E-state index in [0.717, 1.165) is 22.5 Å². The number of ether oxygens (including phenoxy) is 2. The summed E-state index contributed by atoms with van der Waals surface area (Å²) in [5.41, 5.74) is -0.0428. The Morgan fingerprint density at radius 2 is 1.44 bits per heavy atom. The smallest absolute Gasteiger partial charge is 0.408 e. The van der Waals surface area contributed by atoms with Crippen LogP contribution >= 0.6 is 23.5 Å². The molecule has 4 rings (SSSR count). The predicted molar refractivity (Wildman–Crippen MR) is 173 cm³/mol. The number of rotatable bonds is 4. The molecule has 12 heteroatoms. The van der Waals surface area contributed by atoms with Crippen LogP contribution in [0.4, 0.5) is 9.59 Å². The molecule has 0 aromatic heterocycles. The minimum Gasteiger partial charge on any atom is -0.444 e. The van der Waals surface area contributed by atoms with Crippen LogP contribution < -0.4 is 16.0 Å². The van der Waals surface area contributed by atoms with Gasteiger partial charge in [-0.05, 0) is 63.9 Å². The minimum atomic E-state index is -0.588. The van der Waals surface area contributed by atoms with Crippen LogP contribution in [0.2, 0.25) is 0 Å². The highest BCUT2D eigenvalue weighted by Gasteiger charge is 2.30. The van der Waals surface area contributed by atoms with Gasteiger partial charge in [0.2, 0.25) is 11.8 Å². The van der Waals surface area contributed by atoms with Crippen molar-refractivity contribution in [2.24, 2.45) is 0 Å². The quantitative estimate of drug-likeness (QED) is 0.448. The zero-order valence-corrected chi connectivity index (χ0v) is 27.5. The van der Waals surface area contributed by atoms with Gasteiger partial charge in [0, 0.05) is 42.6 Å². The van der Waals surface area contributed by atoms with Gasteiger partial charge >= 0.3 is 12.2 Å². The van der Waals surface area contributed by atoms with Crippen LogP contribution in [0.5, 0.6) is 0 Å². The molecule has 0 radical (unpaired) electrons. The fourth-order valence-corrected chi connectivity index (χ4v) is 6.11. The summed E-state index contributed by atoms with van der Waals surface area (Å²) in [7, 11) is 0. The molecule has 2 aliphatic rings. The molecule has 236 valence electrons. The van der Waals surface area contributed by atoms with E-state index in [2.05, 4.69) is 46.3 Å². The van der Waals surface area contributed by atoms with Crippen LogP contribution in [0, 0.1) is 0 Å². The highest BCUT2D eigenvalue weighted by Crippen LogP contribution is 2.20. The highest BCUT2D eigenvalue weighted by molar-refractivity contribution is 7.99. The molecule has 0 spiro atoms. The van der Waals surface area contributed by atoms with Gasteiger partial charge in [-0.15, -0.1) is 0 Å². The Balaban J connectivity index is 0.000000271. The van der Waals surface area contributed by atoms with E-state index in [9.17, 15) is 19.2 Å². The molecule has 4 amide bonds. The second-order valence-corrected chi connectivity index (χ2v) is 14.6. The first-order chi connectivity index (χ1) is 20.2. The predicted octanol–water partition coefficient (Wildman–Crippen LogP) is 4.55. The Morgan fingerprint density at radius 1 is 0.860 bits per heavy atom. The number of benzene rings is 2. The lowest BCUT2D eigenvalue weighted by molar-refractivity contribution is -0.133. The van der Waals surface area contributed by atoms with Crippen LogP contribution in [0.1, 0.15) is 47.1 Å². The molecule has 0 saturated carbocycles. The van der Waals surface area contributed by atoms with E-state index in [1.807, 2.05) is 37.8 Å². The second-order valence-electron chi connectivity index (χ2n) is 12.3. The standard InChI is InChI=1S/C21H26N2O3S.C10H18N2O3S/c1-21(2,3)26-20(25)22-18-14-27-11-10-23(19(18)24)13-15-8-9-16-6-4-5-7-17(16)12-15;1-10(2,3)15-9(14)12-7-6-16-5-4-11-8(7)13/h4-9,12,18H,10-11,13-14H2,1-3H3,(H,22,25);7H,4-6H2,1-3H3,(H,11,13)(H,12,14). The van der Waals surface area contributed by atoms with Gasteiger partial charge in [0.25, 0.3) is 0 Å². The monoisotopic (exact) mass is 632 g/mol. The zero-order valence-electron chi connectivity index (χ0n) is 25.9. The highest BCUT2D eigenvalue weighted by atomic mass is 32.2. The molecular formula is C31H44N4O6S2. The van der Waals surface area contributed by atoms with Crippen molar-refractivity contribution in [3.8, 4) is 0 Å². The lowest BCUT2D eigenvalue weighted by Crippen LogP contribution is -2.49. The zero-order chi connectivity index (χ0) is 31.6. The topological polar surface area (TPSA) is 126 Å². The summed E-state index contributed by atoms with van der Waals surface area (Å²) in [4.78, 5) is 49.8. The molecule has 0 bridgehead atoms. The molecule has 2 saturated heterocycles. The first-order valence-corrected chi connectivity index (χ1v) is 16.7. The van der Waals surface area contributed by atoms with Crippen LogP contribution in [0.25, 0.3) is 10.8 Å². The summed E-state index contributed by atoms with van der Waals surface area (Å²) < 4.78 is 10.4. The van der Waals surface area contributed by atoms with Gasteiger partial charge in [0.1, 0.15) is 23.3 Å². The summed E-state index contributed by atoms with van der Waals surface area (Å²) in [6.07, 6.45) is -1.09. The molecule has 3 N–H and O–H groups in total. The van der Waals surface area contributed by atoms with Crippen LogP contribution in [0.3, 0.4) is 0 Å². The average molecular weight is 633 g/mol. The number of nitrogens with one attached hydrogen (secondary N) is 3. The maximum Gasteiger partial charge on any atom is 0.408 e. The summed E-state index contributed by atoms with van der Waals surface area (Å²) in [6.45, 7) is 12.6. The van der Waals surface area contributed by atoms with Crippen LogP contribution in [-0.2, 0) is 25.6 Å². The number of hydrogen-bond acceptors (Lipinski definition) is 8. The number of alkyl carbamates (subject to hydrolysis) is 2. The number of nitrogens with zero attached hydrogens (tertiary/aromatic N) is 1. The number of thioether (sulfide) groups is 2. The second kappa shape index (κ2) is 15.6. The van der Waals surface area contributed by atoms with E-state index >= 15 is 0 Å². The van der Waals surface area contributed by atoms with Crippen molar-refractivity contribution < 1.29 is 28.7 Å². The molecule has 2 aliphatic heterocycles. The third-order valence-corrected chi connectivity index (χ3v) is 8.22. The summed E-state index contributed by atoms with van der Waals surface area (Å²) in [5.74, 6) is 2.68. The molecule has 2 fully saturated rings. The third-order valence-electron chi connectivity index (χ3n) is 6.12. The fraction of sp³-hybridized carbons (Fsp3) is 0.548. The van der Waals surface area contributed by atoms with Gasteiger partial charge in [0.05, 0.1) is 0 Å². The molecule has 43 heavy (non-hydrogen) atoms. The molecule has 2 unspecified atom stereocenters. The molecule has 2 atom stereocenters. The molecule has 0 aliphatic carbocycles. The van der Waals surface area contributed by atoms with E-state index in [1.165, 1.54) is 5.39 Å². The molecular weight excluding hydrogens is 588 g/mol. The average Bonchev–Trinajstić information content (AvgIpc) is 3.20. The molecule has 2 heterocycles. The van der Waals surface area contributed by atoms with Gasteiger partial charge in [-0.1, -0.05) is 36.4 Å². The van der Waals surface area contributed by atoms with Crippen molar-refractivity contribution >= 4 is 58.3 Å². The van der Waals surface area contributed by atoms with Crippen molar-refractivity contribution in [2.45, 2.75) is 71.4 Å². The van der Waals surface area contributed by atoms with Gasteiger partial charge in [-0.3, -0.25) is 9.59 Å². The third kappa shape index (κ3) is 12.2. The lowest BCUT2D eigenvalue weighted by Gasteiger charge is -2.26. The first kappa shape index (κ1) is 34.4. The SMILES string of the molecule is CC(C)(C)OC(=O)NC1CSCCN(Cc2ccc3ccccc3c2)C1=O.CC(C)(C)OC(=O)NC1CSCCNC1=O. The van der Waals surface area contributed by atoms with E-state index in [4.69, 9.17) is 9.47 Å². The number of amides is 4. The van der Waals surface area contributed by atoms with Crippen molar-refractivity contribution in [2.75, 3.05) is 36.1 Å². The van der Waals surface area contributed by atoms with Crippen molar-refractivity contribution in [1.29, 1.82) is 0 Å². The Bertz CT molecular complexity index is 1280. The van der Waals surface area contributed by atoms with Crippen molar-refractivity contribution in [3.05, 3.63) is 48.0 Å². The number of carbonyl (C=O) groups excluding carboxylic acids is 4.